The van der Waals surface area contributed by atoms with Crippen molar-refractivity contribution < 1.29 is 19.6 Å². The number of ether oxygens (including phenoxy) is 1. The van der Waals surface area contributed by atoms with Gasteiger partial charge in [0.05, 0.1) is 4.92 Å². The van der Waals surface area contributed by atoms with Crippen LogP contribution in [0, 0.1) is 17.0 Å². The van der Waals surface area contributed by atoms with Crippen molar-refractivity contribution in [2.45, 2.75) is 26.4 Å². The van der Waals surface area contributed by atoms with Crippen LogP contribution in [0.1, 0.15) is 18.9 Å². The molecular weight excluding hydrogens is 226 g/mol. The molecule has 1 N–H and O–H groups in total. The molecule has 0 heterocycles. The van der Waals surface area contributed by atoms with E-state index in [9.17, 15) is 14.9 Å². The second kappa shape index (κ2) is 5.29. The van der Waals surface area contributed by atoms with Gasteiger partial charge in [0.15, 0.2) is 6.10 Å². The first-order valence-corrected chi connectivity index (χ1v) is 5.10. The molecule has 0 saturated heterocycles. The predicted molar refractivity (Wildman–Crippen MR) is 60.2 cm³/mol. The van der Waals surface area contributed by atoms with Crippen LogP contribution < -0.4 is 4.74 Å². The zero-order valence-electron chi connectivity index (χ0n) is 9.54. The number of carboxylic acid groups (broad SMARTS) is 1. The fourth-order valence-corrected chi connectivity index (χ4v) is 1.38. The van der Waals surface area contributed by atoms with Gasteiger partial charge in [-0.05, 0) is 25.5 Å². The summed E-state index contributed by atoms with van der Waals surface area (Å²) in [4.78, 5) is 20.9. The van der Waals surface area contributed by atoms with Crippen LogP contribution in [-0.2, 0) is 4.79 Å². The van der Waals surface area contributed by atoms with Gasteiger partial charge in [-0.15, -0.1) is 0 Å². The van der Waals surface area contributed by atoms with Gasteiger partial charge >= 0.3 is 5.97 Å². The van der Waals surface area contributed by atoms with E-state index in [1.807, 2.05) is 0 Å². The Labute approximate surface area is 98.0 Å². The third-order valence-corrected chi connectivity index (χ3v) is 2.29. The highest BCUT2D eigenvalue weighted by molar-refractivity contribution is 5.72. The summed E-state index contributed by atoms with van der Waals surface area (Å²) in [6.07, 6.45) is -0.610. The van der Waals surface area contributed by atoms with Crippen molar-refractivity contribution in [1.82, 2.24) is 0 Å². The fraction of sp³-hybridized carbons (Fsp3) is 0.364. The zero-order chi connectivity index (χ0) is 13.0. The number of aliphatic carboxylic acids is 1. The molecule has 0 spiro atoms. The minimum Gasteiger partial charge on any atom is -0.479 e. The predicted octanol–water partition coefficient (Wildman–Crippen LogP) is 2.15. The number of carbonyl (C=O) groups is 1. The summed E-state index contributed by atoms with van der Waals surface area (Å²) < 4.78 is 5.22. The first-order chi connectivity index (χ1) is 7.95. The first-order valence-electron chi connectivity index (χ1n) is 5.10. The van der Waals surface area contributed by atoms with Gasteiger partial charge in [0, 0.05) is 11.6 Å². The van der Waals surface area contributed by atoms with Crippen molar-refractivity contribution in [2.75, 3.05) is 0 Å². The molecule has 0 bridgehead atoms. The average Bonchev–Trinajstić information content (AvgIpc) is 2.24. The van der Waals surface area contributed by atoms with E-state index in [2.05, 4.69) is 0 Å². The third kappa shape index (κ3) is 3.17. The van der Waals surface area contributed by atoms with Crippen LogP contribution in [0.5, 0.6) is 5.75 Å². The molecule has 1 rings (SSSR count). The van der Waals surface area contributed by atoms with Gasteiger partial charge in [0.1, 0.15) is 5.75 Å². The van der Waals surface area contributed by atoms with E-state index in [0.29, 0.717) is 17.7 Å². The normalized spacial score (nSPS) is 11.9. The number of hydrogen-bond acceptors (Lipinski definition) is 4. The van der Waals surface area contributed by atoms with E-state index < -0.39 is 17.0 Å². The lowest BCUT2D eigenvalue weighted by atomic mass is 10.2. The zero-order valence-corrected chi connectivity index (χ0v) is 9.54. The van der Waals surface area contributed by atoms with E-state index in [1.54, 1.807) is 13.8 Å². The molecule has 0 aromatic heterocycles. The minimum atomic E-state index is -1.05. The number of rotatable bonds is 5. The van der Waals surface area contributed by atoms with Gasteiger partial charge in [-0.2, -0.15) is 0 Å². The number of nitrogens with zero attached hydrogens (tertiary/aromatic N) is 1. The molecule has 1 aromatic rings. The molecule has 0 amide bonds. The van der Waals surface area contributed by atoms with Crippen LogP contribution in [0.15, 0.2) is 18.2 Å². The summed E-state index contributed by atoms with van der Waals surface area (Å²) in [5, 5.41) is 19.4. The van der Waals surface area contributed by atoms with Crippen LogP contribution in [0.25, 0.3) is 0 Å². The molecular formula is C11H13NO5. The van der Waals surface area contributed by atoms with Crippen molar-refractivity contribution in [2.24, 2.45) is 0 Å². The summed E-state index contributed by atoms with van der Waals surface area (Å²) in [5.74, 6) is -0.731. The van der Waals surface area contributed by atoms with Crippen molar-refractivity contribution in [1.29, 1.82) is 0 Å². The molecule has 0 radical (unpaired) electrons. The molecule has 17 heavy (non-hydrogen) atoms. The van der Waals surface area contributed by atoms with Gasteiger partial charge in [-0.1, -0.05) is 6.92 Å². The number of hydrogen-bond donors (Lipinski definition) is 1. The van der Waals surface area contributed by atoms with Crippen molar-refractivity contribution in [3.05, 3.63) is 33.9 Å². The lowest BCUT2D eigenvalue weighted by Crippen LogP contribution is -2.25. The number of benzene rings is 1. The second-order valence-electron chi connectivity index (χ2n) is 3.56. The Morgan fingerprint density at radius 2 is 2.24 bits per heavy atom. The summed E-state index contributed by atoms with van der Waals surface area (Å²) in [6.45, 7) is 3.27. The van der Waals surface area contributed by atoms with Gasteiger partial charge in [-0.3, -0.25) is 10.1 Å². The average molecular weight is 239 g/mol. The minimum absolute atomic E-state index is 0.0132. The molecule has 1 atom stereocenters. The Balaban J connectivity index is 2.90. The third-order valence-electron chi connectivity index (χ3n) is 2.29. The molecule has 0 fully saturated rings. The molecule has 1 aromatic carbocycles. The fourth-order valence-electron chi connectivity index (χ4n) is 1.38. The lowest BCUT2D eigenvalue weighted by Gasteiger charge is -2.13. The second-order valence-corrected chi connectivity index (χ2v) is 3.56. The standard InChI is InChI=1S/C11H13NO5/c1-3-10(11(13)14)17-8-4-5-9(12(15)16)7(2)6-8/h4-6,10H,3H2,1-2H3,(H,13,14). The number of nitro benzene ring substituents is 1. The Kier molecular flexibility index (Phi) is 4.03. The van der Waals surface area contributed by atoms with E-state index in [4.69, 9.17) is 9.84 Å². The molecule has 6 heteroatoms. The molecule has 0 aliphatic heterocycles. The molecule has 6 nitrogen and oxygen atoms in total. The highest BCUT2D eigenvalue weighted by Crippen LogP contribution is 2.24. The van der Waals surface area contributed by atoms with Crippen LogP contribution in [0.3, 0.4) is 0 Å². The molecule has 0 aliphatic carbocycles. The molecule has 0 aliphatic rings. The maximum absolute atomic E-state index is 10.8. The Morgan fingerprint density at radius 3 is 2.65 bits per heavy atom. The monoisotopic (exact) mass is 239 g/mol. The summed E-state index contributed by atoms with van der Waals surface area (Å²) in [7, 11) is 0. The van der Waals surface area contributed by atoms with Crippen LogP contribution in [0.4, 0.5) is 5.69 Å². The SMILES string of the molecule is CCC(Oc1ccc([N+](=O)[O-])c(C)c1)C(=O)O. The van der Waals surface area contributed by atoms with Gasteiger partial charge in [0.2, 0.25) is 0 Å². The van der Waals surface area contributed by atoms with Crippen molar-refractivity contribution in [3.8, 4) is 5.75 Å². The number of carboxylic acids is 1. The Bertz CT molecular complexity index is 443. The summed E-state index contributed by atoms with van der Waals surface area (Å²) in [5.41, 5.74) is 0.425. The maximum atomic E-state index is 10.8. The first kappa shape index (κ1) is 13.0. The largest absolute Gasteiger partial charge is 0.479 e. The smallest absolute Gasteiger partial charge is 0.344 e. The van der Waals surface area contributed by atoms with E-state index in [-0.39, 0.29) is 5.69 Å². The Morgan fingerprint density at radius 1 is 1.59 bits per heavy atom. The Hall–Kier alpha value is -2.11. The van der Waals surface area contributed by atoms with E-state index in [0.717, 1.165) is 0 Å². The quantitative estimate of drug-likeness (QED) is 0.628. The van der Waals surface area contributed by atoms with Crippen LogP contribution in [-0.4, -0.2) is 22.1 Å². The van der Waals surface area contributed by atoms with Crippen molar-refractivity contribution in [3.63, 3.8) is 0 Å². The topological polar surface area (TPSA) is 89.7 Å². The maximum Gasteiger partial charge on any atom is 0.344 e. The highest BCUT2D eigenvalue weighted by Gasteiger charge is 2.18. The van der Waals surface area contributed by atoms with Gasteiger partial charge in [-0.25, -0.2) is 4.79 Å². The van der Waals surface area contributed by atoms with E-state index >= 15 is 0 Å². The number of nitro groups is 1. The summed E-state index contributed by atoms with van der Waals surface area (Å²) in [6, 6.07) is 4.17. The molecule has 1 unspecified atom stereocenters. The van der Waals surface area contributed by atoms with Crippen molar-refractivity contribution >= 4 is 11.7 Å². The summed E-state index contributed by atoms with van der Waals surface area (Å²) >= 11 is 0. The number of aryl methyl sites for hydroxylation is 1. The van der Waals surface area contributed by atoms with E-state index in [1.165, 1.54) is 18.2 Å². The molecule has 0 saturated carbocycles. The van der Waals surface area contributed by atoms with Gasteiger partial charge < -0.3 is 9.84 Å². The van der Waals surface area contributed by atoms with Crippen LogP contribution in [0.2, 0.25) is 0 Å². The highest BCUT2D eigenvalue weighted by atomic mass is 16.6. The van der Waals surface area contributed by atoms with Gasteiger partial charge in [0.25, 0.3) is 5.69 Å². The molecule has 92 valence electrons. The lowest BCUT2D eigenvalue weighted by molar-refractivity contribution is -0.385. The van der Waals surface area contributed by atoms with Crippen LogP contribution >= 0.6 is 0 Å².